The molecule has 0 atom stereocenters. The van der Waals surface area contributed by atoms with Gasteiger partial charge in [-0.25, -0.2) is 0 Å². The number of rotatable bonds is 4. The normalized spacial score (nSPS) is 30.0. The van der Waals surface area contributed by atoms with Crippen LogP contribution >= 0.6 is 0 Å². The fourth-order valence-corrected chi connectivity index (χ4v) is 23.2. The van der Waals surface area contributed by atoms with Crippen molar-refractivity contribution in [3.8, 4) is 0 Å². The third-order valence-corrected chi connectivity index (χ3v) is 21.6. The smallest absolute Gasteiger partial charge is 0.160 e. The third kappa shape index (κ3) is 4.79. The van der Waals surface area contributed by atoms with Crippen molar-refractivity contribution in [2.75, 3.05) is 13.2 Å². The zero-order valence-electron chi connectivity index (χ0n) is 11.4. The number of hydrogen-bond donors (Lipinski definition) is 0. The highest BCUT2D eigenvalue weighted by Crippen LogP contribution is 1.99. The first-order valence-corrected chi connectivity index (χ1v) is 16.6. The van der Waals surface area contributed by atoms with E-state index < -0.39 is 0 Å². The van der Waals surface area contributed by atoms with Gasteiger partial charge in [0.2, 0.25) is 0 Å². The monoisotopic (exact) mass is 324 g/mol. The molecule has 96 valence electrons. The highest BCUT2D eigenvalue weighted by atomic mass is 28.4. The first-order valence-electron chi connectivity index (χ1n) is 6.62. The molecule has 0 amide bonds. The van der Waals surface area contributed by atoms with Crippen LogP contribution in [0, 0.1) is 0 Å². The molecule has 0 aromatic carbocycles. The van der Waals surface area contributed by atoms with Crippen LogP contribution in [-0.4, -0.2) is 88.4 Å². The second-order valence-corrected chi connectivity index (χ2v) is 21.6. The number of nitrogens with zero attached hydrogens (tertiary/aromatic N) is 4. The Morgan fingerprint density at radius 2 is 1.56 bits per heavy atom. The Balaban J connectivity index is 2.61. The Morgan fingerprint density at radius 3 is 2.06 bits per heavy atom. The van der Waals surface area contributed by atoms with Gasteiger partial charge in [0.05, 0.1) is 29.0 Å². The second kappa shape index (κ2) is 8.28. The summed E-state index contributed by atoms with van der Waals surface area (Å²) in [5.41, 5.74) is 0. The van der Waals surface area contributed by atoms with Crippen LogP contribution in [0.5, 0.6) is 0 Å². The molecule has 0 bridgehead atoms. The molecule has 4 nitrogen and oxygen atoms in total. The van der Waals surface area contributed by atoms with E-state index in [1.165, 1.54) is 13.2 Å². The van der Waals surface area contributed by atoms with Gasteiger partial charge >= 0.3 is 0 Å². The molecule has 1 fully saturated rings. The van der Waals surface area contributed by atoms with Crippen LogP contribution < -0.4 is 0 Å². The van der Waals surface area contributed by atoms with Crippen molar-refractivity contribution >= 4 is 58.6 Å². The summed E-state index contributed by atoms with van der Waals surface area (Å²) in [4.78, 5) is 0. The zero-order chi connectivity index (χ0) is 12.0. The SMILES string of the molecule is CCN1CN([SiH2]C)[SiH2]N([SiH2]C)[SiH2]N([SiH2]C)[SiH2]1. The van der Waals surface area contributed by atoms with Gasteiger partial charge in [-0.3, -0.25) is 0 Å². The zero-order valence-corrected chi connectivity index (χ0v) is 19.9. The molecule has 0 N–H and O–H groups in total. The lowest BCUT2D eigenvalue weighted by atomic mass is 10.8. The van der Waals surface area contributed by atoms with Crippen molar-refractivity contribution in [2.45, 2.75) is 26.6 Å². The van der Waals surface area contributed by atoms with E-state index in [1.807, 2.05) is 0 Å². The summed E-state index contributed by atoms with van der Waals surface area (Å²) in [6.45, 7) is 12.5. The van der Waals surface area contributed by atoms with Gasteiger partial charge in [-0.15, -0.1) is 0 Å². The average Bonchev–Trinajstić information content (AvgIpc) is 2.29. The Hall–Kier alpha value is 1.14. The van der Waals surface area contributed by atoms with E-state index in [0.29, 0.717) is 0 Å². The van der Waals surface area contributed by atoms with Crippen LogP contribution in [0.3, 0.4) is 0 Å². The molecule has 1 heterocycles. The molecule has 0 aromatic rings. The topological polar surface area (TPSA) is 13.0 Å². The Morgan fingerprint density at radius 1 is 0.938 bits per heavy atom. The van der Waals surface area contributed by atoms with Gasteiger partial charge in [0.1, 0.15) is 9.84 Å². The van der Waals surface area contributed by atoms with E-state index in [2.05, 4.69) is 43.2 Å². The van der Waals surface area contributed by atoms with Gasteiger partial charge in [-0.1, -0.05) is 26.6 Å². The summed E-state index contributed by atoms with van der Waals surface area (Å²) >= 11 is 0. The van der Waals surface area contributed by atoms with E-state index >= 15 is 0 Å². The summed E-state index contributed by atoms with van der Waals surface area (Å²) in [5, 5.41) is 0. The molecule has 10 heteroatoms. The fraction of sp³-hybridized carbons (Fsp3) is 1.00. The predicted molar refractivity (Wildman–Crippen MR) is 91.6 cm³/mol. The lowest BCUT2D eigenvalue weighted by molar-refractivity contribution is 0.374. The molecular weight excluding hydrogens is 297 g/mol. The molecule has 1 aliphatic rings. The predicted octanol–water partition coefficient (Wildman–Crippen LogP) is -4.42. The summed E-state index contributed by atoms with van der Waals surface area (Å²) in [6.07, 6.45) is 0. The second-order valence-electron chi connectivity index (χ2n) is 4.51. The Labute approximate surface area is 115 Å². The van der Waals surface area contributed by atoms with Crippen molar-refractivity contribution < 1.29 is 0 Å². The van der Waals surface area contributed by atoms with E-state index in [4.69, 9.17) is 0 Å². The molecule has 0 radical (unpaired) electrons. The quantitative estimate of drug-likeness (QED) is 0.484. The molecule has 1 saturated heterocycles. The molecular formula is C6H28N4Si6. The maximum Gasteiger partial charge on any atom is 0.160 e. The van der Waals surface area contributed by atoms with Crippen molar-refractivity contribution in [1.82, 2.24) is 16.6 Å². The first-order chi connectivity index (χ1) is 7.73. The van der Waals surface area contributed by atoms with E-state index in [1.54, 1.807) is 0 Å². The van der Waals surface area contributed by atoms with E-state index in [9.17, 15) is 0 Å². The van der Waals surface area contributed by atoms with Gasteiger partial charge in [-0.2, -0.15) is 0 Å². The molecule has 1 rings (SSSR count). The van der Waals surface area contributed by atoms with E-state index in [-0.39, 0.29) is 58.6 Å². The van der Waals surface area contributed by atoms with Crippen LogP contribution in [0.4, 0.5) is 0 Å². The van der Waals surface area contributed by atoms with Crippen LogP contribution in [0.2, 0.25) is 19.6 Å². The summed E-state index contributed by atoms with van der Waals surface area (Å²) in [6, 6.07) is 0. The van der Waals surface area contributed by atoms with Crippen molar-refractivity contribution in [3.05, 3.63) is 0 Å². The van der Waals surface area contributed by atoms with Gasteiger partial charge in [0, 0.05) is 6.67 Å². The molecule has 1 aliphatic heterocycles. The van der Waals surface area contributed by atoms with Gasteiger partial charge < -0.3 is 16.6 Å². The molecule has 0 aromatic heterocycles. The Kier molecular flexibility index (Phi) is 7.87. The maximum absolute atomic E-state index is 3.03. The maximum atomic E-state index is 3.03. The molecule has 0 saturated carbocycles. The van der Waals surface area contributed by atoms with Crippen LogP contribution in [-0.2, 0) is 0 Å². The van der Waals surface area contributed by atoms with Crippen LogP contribution in [0.15, 0.2) is 0 Å². The minimum atomic E-state index is -0.0293. The van der Waals surface area contributed by atoms with Crippen molar-refractivity contribution in [2.24, 2.45) is 0 Å². The lowest BCUT2D eigenvalue weighted by Gasteiger charge is -2.41. The van der Waals surface area contributed by atoms with Crippen LogP contribution in [0.1, 0.15) is 6.92 Å². The average molecular weight is 325 g/mol. The Bertz CT molecular complexity index is 150. The summed E-state index contributed by atoms with van der Waals surface area (Å²) in [7, 11) is 0.409. The largest absolute Gasteiger partial charge is 0.360 e. The van der Waals surface area contributed by atoms with Crippen molar-refractivity contribution in [3.63, 3.8) is 0 Å². The van der Waals surface area contributed by atoms with Gasteiger partial charge in [0.25, 0.3) is 0 Å². The minimum absolute atomic E-state index is 0.0102. The minimum Gasteiger partial charge on any atom is -0.360 e. The molecule has 0 aliphatic carbocycles. The third-order valence-electron chi connectivity index (χ3n) is 3.39. The number of hydrogen-bond acceptors (Lipinski definition) is 4. The van der Waals surface area contributed by atoms with Gasteiger partial charge in [-0.05, 0) is 6.54 Å². The van der Waals surface area contributed by atoms with Crippen LogP contribution in [0.25, 0.3) is 0 Å². The molecule has 0 unspecified atom stereocenters. The summed E-state index contributed by atoms with van der Waals surface area (Å²) < 4.78 is 11.8. The highest BCUT2D eigenvalue weighted by molar-refractivity contribution is 6.74. The first kappa shape index (κ1) is 15.2. The molecule has 16 heavy (non-hydrogen) atoms. The highest BCUT2D eigenvalue weighted by Gasteiger charge is 2.20. The standard InChI is InChI=1S/C6H28N4Si6/c1-5-7-6-8(11-2)15-10(13-4)16-9(12-3)14-7/h5-6,11-16H2,1-4H3. The molecule has 0 spiro atoms. The van der Waals surface area contributed by atoms with Gasteiger partial charge in [0.15, 0.2) is 19.7 Å². The fourth-order valence-electron chi connectivity index (χ4n) is 2.11. The van der Waals surface area contributed by atoms with E-state index in [0.717, 1.165) is 0 Å². The van der Waals surface area contributed by atoms with Crippen molar-refractivity contribution in [1.29, 1.82) is 0 Å². The summed E-state index contributed by atoms with van der Waals surface area (Å²) in [5.74, 6) is 0. The lowest BCUT2D eigenvalue weighted by Crippen LogP contribution is -2.61.